The maximum atomic E-state index is 13.3. The lowest BCUT2D eigenvalue weighted by Crippen LogP contribution is -2.51. The molecule has 0 saturated heterocycles. The third-order valence-electron chi connectivity index (χ3n) is 5.18. The summed E-state index contributed by atoms with van der Waals surface area (Å²) in [6.45, 7) is 9.63. The Morgan fingerprint density at radius 3 is 2.70 bits per heavy atom. The smallest absolute Gasteiger partial charge is 0.263 e. The fourth-order valence-corrected chi connectivity index (χ4v) is 5.63. The van der Waals surface area contributed by atoms with Crippen LogP contribution in [0.4, 0.5) is 0 Å². The van der Waals surface area contributed by atoms with Crippen molar-refractivity contribution in [3.05, 3.63) is 33.2 Å². The fourth-order valence-electron chi connectivity index (χ4n) is 2.86. The molecule has 0 aliphatic carbocycles. The molecular formula is C21H24N4O2S3. The van der Waals surface area contributed by atoms with Crippen LogP contribution >= 0.6 is 34.4 Å². The Morgan fingerprint density at radius 2 is 2.13 bits per heavy atom. The first-order valence-electron chi connectivity index (χ1n) is 9.67. The third-order valence-corrected chi connectivity index (χ3v) is 8.05. The Kier molecular flexibility index (Phi) is 6.70. The zero-order valence-electron chi connectivity index (χ0n) is 17.6. The van der Waals surface area contributed by atoms with Crippen molar-refractivity contribution >= 4 is 50.6 Å². The first kappa shape index (κ1) is 22.5. The summed E-state index contributed by atoms with van der Waals surface area (Å²) < 4.78 is 1.62. The summed E-state index contributed by atoms with van der Waals surface area (Å²) in [6, 6.07) is 6.15. The van der Waals surface area contributed by atoms with Crippen LogP contribution in [0.2, 0.25) is 0 Å². The molecule has 3 heterocycles. The van der Waals surface area contributed by atoms with Crippen molar-refractivity contribution in [3.63, 3.8) is 0 Å². The number of fused-ring (bicyclic) bond motifs is 1. The van der Waals surface area contributed by atoms with Crippen molar-refractivity contribution in [3.8, 4) is 16.5 Å². The van der Waals surface area contributed by atoms with Crippen LogP contribution in [0.25, 0.3) is 20.7 Å². The number of thioether (sulfide) groups is 1. The lowest BCUT2D eigenvalue weighted by Gasteiger charge is -2.28. The molecule has 3 aromatic heterocycles. The van der Waals surface area contributed by atoms with Crippen molar-refractivity contribution in [1.29, 1.82) is 5.26 Å². The van der Waals surface area contributed by atoms with Crippen LogP contribution in [-0.2, 0) is 11.3 Å². The van der Waals surface area contributed by atoms with E-state index in [9.17, 15) is 14.9 Å². The van der Waals surface area contributed by atoms with Crippen molar-refractivity contribution in [2.45, 2.75) is 57.1 Å². The molecule has 0 fully saturated rings. The second-order valence-electron chi connectivity index (χ2n) is 7.47. The van der Waals surface area contributed by atoms with Crippen LogP contribution in [0.5, 0.6) is 0 Å². The van der Waals surface area contributed by atoms with Gasteiger partial charge < -0.3 is 5.32 Å². The molecule has 158 valence electrons. The van der Waals surface area contributed by atoms with E-state index in [-0.39, 0.29) is 17.4 Å². The first-order valence-corrected chi connectivity index (χ1v) is 12.3. The van der Waals surface area contributed by atoms with Crippen LogP contribution in [0.15, 0.2) is 32.8 Å². The summed E-state index contributed by atoms with van der Waals surface area (Å²) in [4.78, 5) is 32.4. The average Bonchev–Trinajstić information content (AvgIpc) is 3.37. The van der Waals surface area contributed by atoms with E-state index in [4.69, 9.17) is 4.98 Å². The molecule has 30 heavy (non-hydrogen) atoms. The number of hydrogen-bond donors (Lipinski definition) is 1. The van der Waals surface area contributed by atoms with Crippen LogP contribution in [0, 0.1) is 17.2 Å². The van der Waals surface area contributed by atoms with Gasteiger partial charge in [-0.1, -0.05) is 31.7 Å². The number of nitrogens with zero attached hydrogens (tertiary/aromatic N) is 3. The highest BCUT2D eigenvalue weighted by molar-refractivity contribution is 8.00. The number of carbonyl (C=O) groups excluding carboxylic acids is 1. The molecule has 1 N–H and O–H groups in total. The standard InChI is InChI=1S/C21H24N4O2S3/c1-6-25-19(27)16-14(15-8-7-9-28-15)10-29-18(16)23-20(25)30-13(4)17(26)24-21(5,11-22)12(2)3/h7-10,12-13H,6H2,1-5H3,(H,24,26). The third kappa shape index (κ3) is 4.17. The van der Waals surface area contributed by atoms with Gasteiger partial charge in [0.15, 0.2) is 5.16 Å². The Labute approximate surface area is 188 Å². The van der Waals surface area contributed by atoms with Gasteiger partial charge in [0.05, 0.1) is 16.7 Å². The number of nitriles is 1. The van der Waals surface area contributed by atoms with Crippen molar-refractivity contribution in [2.24, 2.45) is 5.92 Å². The molecule has 3 rings (SSSR count). The molecule has 6 nitrogen and oxygen atoms in total. The summed E-state index contributed by atoms with van der Waals surface area (Å²) in [5, 5.41) is 16.9. The number of amides is 1. The molecular weight excluding hydrogens is 436 g/mol. The highest BCUT2D eigenvalue weighted by Crippen LogP contribution is 2.35. The number of hydrogen-bond acceptors (Lipinski definition) is 7. The van der Waals surface area contributed by atoms with Gasteiger partial charge in [-0.2, -0.15) is 5.26 Å². The maximum absolute atomic E-state index is 13.3. The van der Waals surface area contributed by atoms with E-state index < -0.39 is 10.8 Å². The second kappa shape index (κ2) is 8.92. The minimum atomic E-state index is -0.947. The lowest BCUT2D eigenvalue weighted by molar-refractivity contribution is -0.121. The average molecular weight is 461 g/mol. The maximum Gasteiger partial charge on any atom is 0.263 e. The summed E-state index contributed by atoms with van der Waals surface area (Å²) in [7, 11) is 0. The normalized spacial score (nSPS) is 14.4. The van der Waals surface area contributed by atoms with Gasteiger partial charge in [-0.05, 0) is 38.1 Å². The Morgan fingerprint density at radius 1 is 1.40 bits per heavy atom. The minimum absolute atomic E-state index is 0.0336. The van der Waals surface area contributed by atoms with E-state index in [1.807, 2.05) is 43.7 Å². The quantitative estimate of drug-likeness (QED) is 0.406. The van der Waals surface area contributed by atoms with E-state index in [1.165, 1.54) is 23.1 Å². The Bertz CT molecular complexity index is 1160. The van der Waals surface area contributed by atoms with Crippen LogP contribution in [0.3, 0.4) is 0 Å². The molecule has 0 radical (unpaired) electrons. The fraction of sp³-hybridized carbons (Fsp3) is 0.429. The summed E-state index contributed by atoms with van der Waals surface area (Å²) in [5.74, 6) is -0.283. The Hall–Kier alpha value is -2.15. The van der Waals surface area contributed by atoms with Gasteiger partial charge in [-0.25, -0.2) is 4.98 Å². The first-order chi connectivity index (χ1) is 14.2. The second-order valence-corrected chi connectivity index (χ2v) is 10.6. The van der Waals surface area contributed by atoms with Gasteiger partial charge in [0.1, 0.15) is 10.4 Å². The van der Waals surface area contributed by atoms with Gasteiger partial charge >= 0.3 is 0 Å². The number of thiophene rings is 2. The summed E-state index contributed by atoms with van der Waals surface area (Å²) >= 11 is 4.27. The predicted octanol–water partition coefficient (Wildman–Crippen LogP) is 4.74. The monoisotopic (exact) mass is 460 g/mol. The molecule has 3 aromatic rings. The van der Waals surface area contributed by atoms with Crippen LogP contribution in [0.1, 0.15) is 34.6 Å². The van der Waals surface area contributed by atoms with E-state index in [0.29, 0.717) is 21.9 Å². The van der Waals surface area contributed by atoms with Gasteiger partial charge in [0.25, 0.3) is 5.56 Å². The van der Waals surface area contributed by atoms with E-state index in [0.717, 1.165) is 10.4 Å². The molecule has 2 atom stereocenters. The van der Waals surface area contributed by atoms with Crippen LogP contribution < -0.4 is 10.9 Å². The molecule has 0 aromatic carbocycles. The van der Waals surface area contributed by atoms with E-state index in [1.54, 1.807) is 29.8 Å². The van der Waals surface area contributed by atoms with Gasteiger partial charge in [0.2, 0.25) is 5.91 Å². The Balaban J connectivity index is 1.94. The molecule has 0 saturated carbocycles. The van der Waals surface area contributed by atoms with Crippen LogP contribution in [-0.4, -0.2) is 26.2 Å². The molecule has 0 bridgehead atoms. The predicted molar refractivity (Wildman–Crippen MR) is 125 cm³/mol. The number of aromatic nitrogens is 2. The van der Waals surface area contributed by atoms with E-state index in [2.05, 4.69) is 11.4 Å². The van der Waals surface area contributed by atoms with Crippen molar-refractivity contribution in [1.82, 2.24) is 14.9 Å². The minimum Gasteiger partial charge on any atom is -0.337 e. The molecule has 0 aliphatic rings. The zero-order valence-corrected chi connectivity index (χ0v) is 20.0. The highest BCUT2D eigenvalue weighted by atomic mass is 32.2. The van der Waals surface area contributed by atoms with Gasteiger partial charge in [0, 0.05) is 22.4 Å². The SMILES string of the molecule is CCn1c(SC(C)C(=O)NC(C)(C#N)C(C)C)nc2scc(-c3cccs3)c2c1=O. The highest BCUT2D eigenvalue weighted by Gasteiger charge is 2.32. The number of nitrogens with one attached hydrogen (secondary N) is 1. The summed E-state index contributed by atoms with van der Waals surface area (Å²) in [6.07, 6.45) is 0. The number of rotatable bonds is 7. The molecule has 0 spiro atoms. The topological polar surface area (TPSA) is 87.8 Å². The largest absolute Gasteiger partial charge is 0.337 e. The molecule has 1 amide bonds. The lowest BCUT2D eigenvalue weighted by atomic mass is 9.90. The zero-order chi connectivity index (χ0) is 22.1. The van der Waals surface area contributed by atoms with Crippen molar-refractivity contribution in [2.75, 3.05) is 0 Å². The molecule has 0 aliphatic heterocycles. The number of carbonyl (C=O) groups is 1. The van der Waals surface area contributed by atoms with Crippen molar-refractivity contribution < 1.29 is 4.79 Å². The summed E-state index contributed by atoms with van der Waals surface area (Å²) in [5.41, 5.74) is -0.128. The van der Waals surface area contributed by atoms with Gasteiger partial charge in [-0.15, -0.1) is 22.7 Å². The van der Waals surface area contributed by atoms with Gasteiger partial charge in [-0.3, -0.25) is 14.2 Å². The molecule has 9 heteroatoms. The molecule has 2 unspecified atom stereocenters. The van der Waals surface area contributed by atoms with E-state index >= 15 is 0 Å².